The largest absolute Gasteiger partial charge is 0.493 e. The van der Waals surface area contributed by atoms with Gasteiger partial charge in [0, 0.05) is 25.2 Å². The van der Waals surface area contributed by atoms with Gasteiger partial charge in [0.15, 0.2) is 11.5 Å². The molecule has 0 saturated carbocycles. The fraction of sp³-hybridized carbons (Fsp3) is 0.640. The molecule has 1 fully saturated rings. The van der Waals surface area contributed by atoms with Gasteiger partial charge in [-0.15, -0.1) is 0 Å². The van der Waals surface area contributed by atoms with E-state index in [0.29, 0.717) is 47.2 Å². The highest BCUT2D eigenvalue weighted by atomic mass is 16.6. The van der Waals surface area contributed by atoms with E-state index < -0.39 is 5.60 Å². The molecule has 1 aromatic heterocycles. The highest BCUT2D eigenvalue weighted by Crippen LogP contribution is 2.30. The van der Waals surface area contributed by atoms with Crippen molar-refractivity contribution in [3.8, 4) is 11.5 Å². The Morgan fingerprint density at radius 3 is 2.53 bits per heavy atom. The number of H-pyrrole nitrogens is 1. The first-order valence-electron chi connectivity index (χ1n) is 11.9. The van der Waals surface area contributed by atoms with E-state index >= 15 is 0 Å². The summed E-state index contributed by atoms with van der Waals surface area (Å²) in [4.78, 5) is 37.1. The van der Waals surface area contributed by atoms with E-state index in [1.165, 1.54) is 7.11 Å². The lowest BCUT2D eigenvalue weighted by molar-refractivity contribution is 0.0117. The smallest absolute Gasteiger partial charge is 0.410 e. The van der Waals surface area contributed by atoms with Crippen molar-refractivity contribution in [2.45, 2.75) is 65.6 Å². The molecule has 0 spiro atoms. The SMILES string of the molecule is COc1cc2nc(CN3CCCC(CN(C(=O)OC(C)(C)C)C(C)C)C3)[nH]c(=O)c2cc1OC. The van der Waals surface area contributed by atoms with E-state index in [4.69, 9.17) is 14.2 Å². The van der Waals surface area contributed by atoms with Crippen LogP contribution in [-0.4, -0.2) is 71.4 Å². The van der Waals surface area contributed by atoms with Crippen molar-refractivity contribution in [2.75, 3.05) is 33.9 Å². The van der Waals surface area contributed by atoms with Crippen LogP contribution in [0.25, 0.3) is 10.9 Å². The molecule has 188 valence electrons. The summed E-state index contributed by atoms with van der Waals surface area (Å²) in [6, 6.07) is 3.43. The molecular formula is C25H38N4O5. The summed E-state index contributed by atoms with van der Waals surface area (Å²) in [6.07, 6.45) is 1.79. The summed E-state index contributed by atoms with van der Waals surface area (Å²) < 4.78 is 16.3. The number of piperidine rings is 1. The lowest BCUT2D eigenvalue weighted by Gasteiger charge is -2.37. The monoisotopic (exact) mass is 474 g/mol. The number of carbonyl (C=O) groups is 1. The van der Waals surface area contributed by atoms with Gasteiger partial charge in [0.1, 0.15) is 11.4 Å². The lowest BCUT2D eigenvalue weighted by Crippen LogP contribution is -2.47. The summed E-state index contributed by atoms with van der Waals surface area (Å²) in [6.45, 7) is 12.6. The Hall–Kier alpha value is -2.81. The van der Waals surface area contributed by atoms with Gasteiger partial charge in [-0.1, -0.05) is 0 Å². The van der Waals surface area contributed by atoms with Crippen LogP contribution in [0, 0.1) is 5.92 Å². The summed E-state index contributed by atoms with van der Waals surface area (Å²) in [5.41, 5.74) is -0.158. The second-order valence-corrected chi connectivity index (χ2v) is 10.2. The number of hydrogen-bond donors (Lipinski definition) is 1. The van der Waals surface area contributed by atoms with Crippen LogP contribution >= 0.6 is 0 Å². The van der Waals surface area contributed by atoms with E-state index in [-0.39, 0.29) is 17.7 Å². The van der Waals surface area contributed by atoms with Gasteiger partial charge >= 0.3 is 6.09 Å². The molecule has 9 heteroatoms. The highest BCUT2D eigenvalue weighted by molar-refractivity contribution is 5.81. The average Bonchev–Trinajstić information content (AvgIpc) is 2.75. The predicted octanol–water partition coefficient (Wildman–Crippen LogP) is 3.80. The molecule has 1 atom stereocenters. The molecule has 0 aliphatic carbocycles. The van der Waals surface area contributed by atoms with Gasteiger partial charge in [-0.05, 0) is 66.0 Å². The van der Waals surface area contributed by atoms with Gasteiger partial charge in [-0.25, -0.2) is 9.78 Å². The Morgan fingerprint density at radius 2 is 1.91 bits per heavy atom. The maximum absolute atomic E-state index is 12.7. The number of fused-ring (bicyclic) bond motifs is 1. The Balaban J connectivity index is 1.73. The van der Waals surface area contributed by atoms with Gasteiger partial charge in [0.05, 0.1) is 31.7 Å². The molecule has 1 amide bonds. The van der Waals surface area contributed by atoms with Crippen molar-refractivity contribution in [1.82, 2.24) is 19.8 Å². The van der Waals surface area contributed by atoms with Crippen molar-refractivity contribution in [1.29, 1.82) is 0 Å². The average molecular weight is 475 g/mol. The third-order valence-electron chi connectivity index (χ3n) is 5.94. The van der Waals surface area contributed by atoms with Crippen molar-refractivity contribution in [3.63, 3.8) is 0 Å². The molecule has 3 rings (SSSR count). The zero-order valence-corrected chi connectivity index (χ0v) is 21.4. The van der Waals surface area contributed by atoms with Crippen LogP contribution in [0.4, 0.5) is 4.79 Å². The zero-order valence-electron chi connectivity index (χ0n) is 21.4. The van der Waals surface area contributed by atoms with Gasteiger partial charge < -0.3 is 24.1 Å². The first-order chi connectivity index (χ1) is 16.0. The summed E-state index contributed by atoms with van der Waals surface area (Å²) >= 11 is 0. The fourth-order valence-corrected chi connectivity index (χ4v) is 4.34. The maximum atomic E-state index is 12.7. The third-order valence-corrected chi connectivity index (χ3v) is 5.94. The number of rotatable bonds is 7. The van der Waals surface area contributed by atoms with Crippen molar-refractivity contribution in [3.05, 3.63) is 28.3 Å². The molecule has 1 aliphatic heterocycles. The van der Waals surface area contributed by atoms with Gasteiger partial charge in [0.25, 0.3) is 5.56 Å². The molecule has 34 heavy (non-hydrogen) atoms. The van der Waals surface area contributed by atoms with Crippen LogP contribution in [0.5, 0.6) is 11.5 Å². The van der Waals surface area contributed by atoms with Crippen LogP contribution < -0.4 is 15.0 Å². The number of aromatic amines is 1. The number of likely N-dealkylation sites (tertiary alicyclic amines) is 1. The maximum Gasteiger partial charge on any atom is 0.410 e. The molecule has 1 saturated heterocycles. The number of ether oxygens (including phenoxy) is 3. The van der Waals surface area contributed by atoms with E-state index in [0.717, 1.165) is 25.9 Å². The minimum absolute atomic E-state index is 0.0516. The molecular weight excluding hydrogens is 436 g/mol. The first-order valence-corrected chi connectivity index (χ1v) is 11.9. The normalized spacial score (nSPS) is 17.1. The number of methoxy groups -OCH3 is 2. The van der Waals surface area contributed by atoms with Crippen molar-refractivity contribution < 1.29 is 19.0 Å². The van der Waals surface area contributed by atoms with E-state index in [2.05, 4.69) is 14.9 Å². The van der Waals surface area contributed by atoms with E-state index in [1.54, 1.807) is 19.2 Å². The Bertz CT molecular complexity index is 1060. The minimum Gasteiger partial charge on any atom is -0.493 e. The first kappa shape index (κ1) is 25.8. The van der Waals surface area contributed by atoms with Crippen LogP contribution in [0.15, 0.2) is 16.9 Å². The second-order valence-electron chi connectivity index (χ2n) is 10.2. The minimum atomic E-state index is -0.525. The van der Waals surface area contributed by atoms with Crippen molar-refractivity contribution >= 4 is 17.0 Å². The van der Waals surface area contributed by atoms with Crippen LogP contribution in [0.3, 0.4) is 0 Å². The number of carbonyl (C=O) groups excluding carboxylic acids is 1. The summed E-state index contributed by atoms with van der Waals surface area (Å²) in [7, 11) is 3.10. The molecule has 0 bridgehead atoms. The predicted molar refractivity (Wildman–Crippen MR) is 132 cm³/mol. The summed E-state index contributed by atoms with van der Waals surface area (Å²) in [5, 5.41) is 0.461. The number of aromatic nitrogens is 2. The lowest BCUT2D eigenvalue weighted by atomic mass is 9.97. The molecule has 1 aromatic carbocycles. The molecule has 2 heterocycles. The van der Waals surface area contributed by atoms with Gasteiger partial charge in [-0.2, -0.15) is 0 Å². The number of hydrogen-bond acceptors (Lipinski definition) is 7. The molecule has 1 unspecified atom stereocenters. The Labute approximate surface area is 201 Å². The Kier molecular flexibility index (Phi) is 8.07. The number of amides is 1. The van der Waals surface area contributed by atoms with Crippen molar-refractivity contribution in [2.24, 2.45) is 5.92 Å². The molecule has 2 aromatic rings. The van der Waals surface area contributed by atoms with Crippen LogP contribution in [-0.2, 0) is 11.3 Å². The fourth-order valence-electron chi connectivity index (χ4n) is 4.34. The summed E-state index contributed by atoms with van der Waals surface area (Å²) in [5.74, 6) is 1.96. The van der Waals surface area contributed by atoms with Gasteiger partial charge in [-0.3, -0.25) is 9.69 Å². The topological polar surface area (TPSA) is 97.0 Å². The van der Waals surface area contributed by atoms with E-state index in [1.807, 2.05) is 39.5 Å². The number of benzene rings is 1. The quantitative estimate of drug-likeness (QED) is 0.652. The second kappa shape index (κ2) is 10.6. The standard InChI is InChI=1S/C25H38N4O5/c1-16(2)29(24(31)34-25(3,4)5)14-17-9-8-10-28(13-17)15-22-26-19-12-21(33-7)20(32-6)11-18(19)23(30)27-22/h11-12,16-17H,8-10,13-15H2,1-7H3,(H,26,27,30). The van der Waals surface area contributed by atoms with Gasteiger partial charge in [0.2, 0.25) is 0 Å². The number of nitrogens with one attached hydrogen (secondary N) is 1. The highest BCUT2D eigenvalue weighted by Gasteiger charge is 2.29. The molecule has 9 nitrogen and oxygen atoms in total. The molecule has 1 N–H and O–H groups in total. The molecule has 0 radical (unpaired) electrons. The third kappa shape index (κ3) is 6.40. The Morgan fingerprint density at radius 1 is 1.24 bits per heavy atom. The molecule has 1 aliphatic rings. The zero-order chi connectivity index (χ0) is 25.0. The van der Waals surface area contributed by atoms with Crippen LogP contribution in [0.1, 0.15) is 53.3 Å². The van der Waals surface area contributed by atoms with E-state index in [9.17, 15) is 9.59 Å². The number of nitrogens with zero attached hydrogens (tertiary/aromatic N) is 3. The van der Waals surface area contributed by atoms with Crippen LogP contribution in [0.2, 0.25) is 0 Å².